The molecule has 0 bridgehead atoms. The molecule has 1 aliphatic rings. The van der Waals surface area contributed by atoms with Crippen molar-refractivity contribution in [2.75, 3.05) is 12.3 Å². The van der Waals surface area contributed by atoms with Gasteiger partial charge in [0, 0.05) is 23.7 Å². The number of anilines is 1. The van der Waals surface area contributed by atoms with E-state index < -0.39 is 0 Å². The van der Waals surface area contributed by atoms with E-state index in [0.717, 1.165) is 29.0 Å². The van der Waals surface area contributed by atoms with Gasteiger partial charge in [0.25, 0.3) is 0 Å². The standard InChI is InChI=1S/C13H13N3O/c1-8-2-3-11-10(6-8)12-9(4-5-17-11)7-15-13(14)16-12/h2-3,6-7H,4-5H2,1H3,(H2,14,15,16). The molecule has 17 heavy (non-hydrogen) atoms. The minimum Gasteiger partial charge on any atom is -0.493 e. The van der Waals surface area contributed by atoms with Crippen LogP contribution in [0.5, 0.6) is 5.75 Å². The maximum atomic E-state index is 5.72. The Morgan fingerprint density at radius 2 is 2.24 bits per heavy atom. The first-order chi connectivity index (χ1) is 8.24. The Bertz CT molecular complexity index is 529. The average molecular weight is 227 g/mol. The van der Waals surface area contributed by atoms with Crippen molar-refractivity contribution in [1.82, 2.24) is 9.97 Å². The van der Waals surface area contributed by atoms with Crippen LogP contribution in [0.2, 0.25) is 0 Å². The molecular weight excluding hydrogens is 214 g/mol. The largest absolute Gasteiger partial charge is 0.493 e. The van der Waals surface area contributed by atoms with Crippen molar-refractivity contribution in [2.24, 2.45) is 0 Å². The summed E-state index contributed by atoms with van der Waals surface area (Å²) in [6, 6.07) is 6.10. The Morgan fingerprint density at radius 1 is 1.35 bits per heavy atom. The van der Waals surface area contributed by atoms with Crippen LogP contribution in [0.1, 0.15) is 11.1 Å². The maximum absolute atomic E-state index is 5.72. The van der Waals surface area contributed by atoms with E-state index >= 15 is 0 Å². The monoisotopic (exact) mass is 227 g/mol. The molecule has 0 amide bonds. The van der Waals surface area contributed by atoms with Crippen molar-refractivity contribution in [3.05, 3.63) is 35.5 Å². The van der Waals surface area contributed by atoms with Gasteiger partial charge in [0.05, 0.1) is 12.3 Å². The molecule has 2 heterocycles. The van der Waals surface area contributed by atoms with Gasteiger partial charge in [0.1, 0.15) is 5.75 Å². The number of hydrogen-bond acceptors (Lipinski definition) is 4. The molecule has 4 heteroatoms. The van der Waals surface area contributed by atoms with Gasteiger partial charge in [0.2, 0.25) is 5.95 Å². The molecule has 0 saturated heterocycles. The molecule has 0 atom stereocenters. The Labute approximate surface area is 99.5 Å². The molecule has 0 spiro atoms. The van der Waals surface area contributed by atoms with Crippen molar-refractivity contribution >= 4 is 5.95 Å². The number of nitrogens with zero attached hydrogens (tertiary/aromatic N) is 2. The number of aryl methyl sites for hydroxylation is 1. The molecule has 0 unspecified atom stereocenters. The lowest BCUT2D eigenvalue weighted by atomic mass is 10.0. The van der Waals surface area contributed by atoms with Gasteiger partial charge in [-0.05, 0) is 19.1 Å². The van der Waals surface area contributed by atoms with Crippen LogP contribution in [0.3, 0.4) is 0 Å². The van der Waals surface area contributed by atoms with E-state index in [1.165, 1.54) is 5.56 Å². The summed E-state index contributed by atoms with van der Waals surface area (Å²) in [6.07, 6.45) is 2.60. The normalized spacial score (nSPS) is 13.2. The van der Waals surface area contributed by atoms with Crippen molar-refractivity contribution in [2.45, 2.75) is 13.3 Å². The predicted molar refractivity (Wildman–Crippen MR) is 65.8 cm³/mol. The lowest BCUT2D eigenvalue weighted by Gasteiger charge is -2.08. The number of ether oxygens (including phenoxy) is 1. The maximum Gasteiger partial charge on any atom is 0.220 e. The van der Waals surface area contributed by atoms with Crippen molar-refractivity contribution in [3.8, 4) is 17.0 Å². The van der Waals surface area contributed by atoms with Crippen LogP contribution < -0.4 is 10.5 Å². The third-order valence-corrected chi connectivity index (χ3v) is 2.90. The Kier molecular flexibility index (Phi) is 2.21. The lowest BCUT2D eigenvalue weighted by Crippen LogP contribution is -2.01. The molecule has 4 nitrogen and oxygen atoms in total. The second-order valence-electron chi connectivity index (χ2n) is 4.20. The summed E-state index contributed by atoms with van der Waals surface area (Å²) < 4.78 is 5.72. The van der Waals surface area contributed by atoms with E-state index in [1.54, 1.807) is 6.20 Å². The Morgan fingerprint density at radius 3 is 3.12 bits per heavy atom. The van der Waals surface area contributed by atoms with Gasteiger partial charge in [0.15, 0.2) is 0 Å². The molecule has 2 N–H and O–H groups in total. The van der Waals surface area contributed by atoms with Gasteiger partial charge in [-0.1, -0.05) is 11.6 Å². The topological polar surface area (TPSA) is 61.0 Å². The van der Waals surface area contributed by atoms with Gasteiger partial charge in [-0.25, -0.2) is 9.97 Å². The highest BCUT2D eigenvalue weighted by Gasteiger charge is 2.17. The number of fused-ring (bicyclic) bond motifs is 3. The van der Waals surface area contributed by atoms with Gasteiger partial charge in [-0.2, -0.15) is 0 Å². The summed E-state index contributed by atoms with van der Waals surface area (Å²) >= 11 is 0. The predicted octanol–water partition coefficient (Wildman–Crippen LogP) is 1.97. The van der Waals surface area contributed by atoms with E-state index in [0.29, 0.717) is 12.6 Å². The third kappa shape index (κ3) is 1.71. The summed E-state index contributed by atoms with van der Waals surface area (Å²) in [4.78, 5) is 8.38. The molecule has 1 aliphatic heterocycles. The lowest BCUT2D eigenvalue weighted by molar-refractivity contribution is 0.326. The molecule has 0 saturated carbocycles. The Hall–Kier alpha value is -2.10. The highest BCUT2D eigenvalue weighted by molar-refractivity contribution is 5.72. The highest BCUT2D eigenvalue weighted by Crippen LogP contribution is 2.34. The SMILES string of the molecule is Cc1ccc2c(c1)-c1nc(N)ncc1CCO2. The van der Waals surface area contributed by atoms with Crippen LogP contribution in [-0.4, -0.2) is 16.6 Å². The Balaban J connectivity index is 2.28. The third-order valence-electron chi connectivity index (χ3n) is 2.90. The van der Waals surface area contributed by atoms with Gasteiger partial charge in [-0.15, -0.1) is 0 Å². The summed E-state index contributed by atoms with van der Waals surface area (Å²) in [5.74, 6) is 1.17. The fourth-order valence-electron chi connectivity index (χ4n) is 2.06. The smallest absolute Gasteiger partial charge is 0.220 e. The minimum atomic E-state index is 0.304. The molecule has 0 radical (unpaired) electrons. The van der Waals surface area contributed by atoms with Crippen LogP contribution >= 0.6 is 0 Å². The van der Waals surface area contributed by atoms with E-state index in [-0.39, 0.29) is 0 Å². The molecule has 0 aliphatic carbocycles. The van der Waals surface area contributed by atoms with Crippen molar-refractivity contribution < 1.29 is 4.74 Å². The fourth-order valence-corrected chi connectivity index (χ4v) is 2.06. The number of aromatic nitrogens is 2. The highest BCUT2D eigenvalue weighted by atomic mass is 16.5. The number of nitrogen functional groups attached to an aromatic ring is 1. The molecule has 1 aromatic carbocycles. The summed E-state index contributed by atoms with van der Waals surface area (Å²) in [5.41, 5.74) is 9.83. The molecule has 86 valence electrons. The zero-order chi connectivity index (χ0) is 11.8. The van der Waals surface area contributed by atoms with Gasteiger partial charge < -0.3 is 10.5 Å². The number of hydrogen-bond donors (Lipinski definition) is 1. The second kappa shape index (κ2) is 3.73. The molecule has 3 rings (SSSR count). The minimum absolute atomic E-state index is 0.304. The van der Waals surface area contributed by atoms with E-state index in [2.05, 4.69) is 23.0 Å². The van der Waals surface area contributed by atoms with Gasteiger partial charge >= 0.3 is 0 Å². The average Bonchev–Trinajstić information content (AvgIpc) is 2.48. The van der Waals surface area contributed by atoms with E-state index in [4.69, 9.17) is 10.5 Å². The number of nitrogens with two attached hydrogens (primary N) is 1. The first kappa shape index (κ1) is 10.1. The van der Waals surface area contributed by atoms with Crippen LogP contribution in [0.25, 0.3) is 11.3 Å². The number of benzene rings is 1. The molecule has 1 aromatic heterocycles. The zero-order valence-corrected chi connectivity index (χ0v) is 9.60. The fraction of sp³-hybridized carbons (Fsp3) is 0.231. The number of rotatable bonds is 0. The van der Waals surface area contributed by atoms with Gasteiger partial charge in [-0.3, -0.25) is 0 Å². The van der Waals surface area contributed by atoms with Crippen LogP contribution in [-0.2, 0) is 6.42 Å². The van der Waals surface area contributed by atoms with Crippen LogP contribution in [0.15, 0.2) is 24.4 Å². The summed E-state index contributed by atoms with van der Waals surface area (Å²) in [7, 11) is 0. The quantitative estimate of drug-likeness (QED) is 0.747. The zero-order valence-electron chi connectivity index (χ0n) is 9.60. The molecular formula is C13H13N3O. The second-order valence-corrected chi connectivity index (χ2v) is 4.20. The van der Waals surface area contributed by atoms with E-state index in [9.17, 15) is 0 Å². The van der Waals surface area contributed by atoms with Crippen molar-refractivity contribution in [1.29, 1.82) is 0 Å². The molecule has 2 aromatic rings. The first-order valence-electron chi connectivity index (χ1n) is 5.59. The summed E-state index contributed by atoms with van der Waals surface area (Å²) in [6.45, 7) is 2.70. The van der Waals surface area contributed by atoms with Crippen LogP contribution in [0.4, 0.5) is 5.95 Å². The van der Waals surface area contributed by atoms with E-state index in [1.807, 2.05) is 12.1 Å². The summed E-state index contributed by atoms with van der Waals surface area (Å²) in [5, 5.41) is 0. The first-order valence-corrected chi connectivity index (χ1v) is 5.59. The van der Waals surface area contributed by atoms with Crippen molar-refractivity contribution in [3.63, 3.8) is 0 Å². The molecule has 0 fully saturated rings. The van der Waals surface area contributed by atoms with Crippen LogP contribution in [0, 0.1) is 6.92 Å².